The summed E-state index contributed by atoms with van der Waals surface area (Å²) in [6.07, 6.45) is 5.99. The third kappa shape index (κ3) is 4.96. The van der Waals surface area contributed by atoms with Gasteiger partial charge in [0, 0.05) is 6.54 Å². The molecule has 6 heteroatoms. The van der Waals surface area contributed by atoms with Crippen LogP contribution in [0.1, 0.15) is 32.1 Å². The van der Waals surface area contributed by atoms with Gasteiger partial charge in [-0.3, -0.25) is 0 Å². The minimum absolute atomic E-state index is 0.310. The van der Waals surface area contributed by atoms with E-state index in [9.17, 15) is 8.42 Å². The van der Waals surface area contributed by atoms with Crippen LogP contribution in [0.15, 0.2) is 41.3 Å². The monoisotopic (exact) mass is 376 g/mol. The molecule has 1 aliphatic rings. The zero-order valence-electron chi connectivity index (χ0n) is 15.4. The van der Waals surface area contributed by atoms with Crippen molar-refractivity contribution < 1.29 is 13.2 Å². The van der Waals surface area contributed by atoms with Gasteiger partial charge in [0.25, 0.3) is 0 Å². The van der Waals surface area contributed by atoms with E-state index in [1.165, 1.54) is 25.7 Å². The molecule has 0 spiro atoms. The van der Waals surface area contributed by atoms with Gasteiger partial charge in [-0.15, -0.1) is 0 Å². The summed E-state index contributed by atoms with van der Waals surface area (Å²) in [7, 11) is -1.86. The number of sulfonamides is 1. The number of benzene rings is 2. The number of ether oxygens (including phenoxy) is 1. The van der Waals surface area contributed by atoms with Gasteiger partial charge in [-0.25, -0.2) is 13.1 Å². The number of likely N-dealkylation sites (tertiary alicyclic amines) is 1. The highest BCUT2D eigenvalue weighted by Gasteiger charge is 2.15. The topological polar surface area (TPSA) is 58.6 Å². The minimum Gasteiger partial charge on any atom is -0.497 e. The van der Waals surface area contributed by atoms with Gasteiger partial charge in [-0.2, -0.15) is 0 Å². The molecule has 0 radical (unpaired) electrons. The van der Waals surface area contributed by atoms with Crippen molar-refractivity contribution in [3.8, 4) is 5.75 Å². The van der Waals surface area contributed by atoms with Crippen LogP contribution in [-0.2, 0) is 10.0 Å². The molecule has 1 fully saturated rings. The van der Waals surface area contributed by atoms with E-state index in [2.05, 4.69) is 9.62 Å². The van der Waals surface area contributed by atoms with Crippen LogP contribution in [0.3, 0.4) is 0 Å². The fourth-order valence-electron chi connectivity index (χ4n) is 3.45. The molecule has 1 aliphatic heterocycles. The van der Waals surface area contributed by atoms with Crippen LogP contribution < -0.4 is 9.46 Å². The lowest BCUT2D eigenvalue weighted by molar-refractivity contribution is 0.282. The Balaban J connectivity index is 1.58. The number of fused-ring (bicyclic) bond motifs is 1. The van der Waals surface area contributed by atoms with Crippen molar-refractivity contribution in [1.82, 2.24) is 9.62 Å². The summed E-state index contributed by atoms with van der Waals surface area (Å²) in [5.74, 6) is 0.764. The second kappa shape index (κ2) is 8.84. The van der Waals surface area contributed by atoms with E-state index in [1.54, 1.807) is 19.2 Å². The number of methoxy groups -OCH3 is 1. The van der Waals surface area contributed by atoms with Crippen molar-refractivity contribution in [2.75, 3.05) is 33.3 Å². The van der Waals surface area contributed by atoms with Crippen molar-refractivity contribution >= 4 is 20.8 Å². The molecule has 2 aromatic rings. The van der Waals surface area contributed by atoms with Gasteiger partial charge in [0.2, 0.25) is 10.0 Å². The van der Waals surface area contributed by atoms with E-state index in [0.29, 0.717) is 11.4 Å². The summed E-state index contributed by atoms with van der Waals surface area (Å²) in [6, 6.07) is 10.8. The Morgan fingerprint density at radius 1 is 1.00 bits per heavy atom. The Kier molecular flexibility index (Phi) is 6.51. The molecule has 0 amide bonds. The lowest BCUT2D eigenvalue weighted by Crippen LogP contribution is -2.30. The number of rotatable bonds is 7. The van der Waals surface area contributed by atoms with Gasteiger partial charge in [0.15, 0.2) is 0 Å². The normalized spacial score (nSPS) is 16.5. The molecule has 0 saturated carbocycles. The van der Waals surface area contributed by atoms with Gasteiger partial charge >= 0.3 is 0 Å². The zero-order valence-corrected chi connectivity index (χ0v) is 16.2. The Morgan fingerprint density at radius 2 is 1.69 bits per heavy atom. The van der Waals surface area contributed by atoms with Crippen LogP contribution >= 0.6 is 0 Å². The molecule has 26 heavy (non-hydrogen) atoms. The Morgan fingerprint density at radius 3 is 2.42 bits per heavy atom. The van der Waals surface area contributed by atoms with Crippen LogP contribution in [0.25, 0.3) is 10.8 Å². The Labute approximate surface area is 156 Å². The van der Waals surface area contributed by atoms with Gasteiger partial charge in [0.1, 0.15) is 5.75 Å². The molecule has 1 heterocycles. The maximum Gasteiger partial charge on any atom is 0.240 e. The van der Waals surface area contributed by atoms with Crippen LogP contribution in [-0.4, -0.2) is 46.6 Å². The Bertz CT molecular complexity index is 828. The highest BCUT2D eigenvalue weighted by atomic mass is 32.2. The SMILES string of the molecule is COc1ccc2cc(S(=O)(=O)NCCCN3CCCCCC3)ccc2c1. The predicted octanol–water partition coefficient (Wildman–Crippen LogP) is 3.39. The maximum atomic E-state index is 12.6. The highest BCUT2D eigenvalue weighted by molar-refractivity contribution is 7.89. The third-order valence-corrected chi connectivity index (χ3v) is 6.43. The van der Waals surface area contributed by atoms with Crippen LogP contribution in [0, 0.1) is 0 Å². The molecule has 0 atom stereocenters. The summed E-state index contributed by atoms with van der Waals surface area (Å²) in [4.78, 5) is 2.76. The van der Waals surface area contributed by atoms with Gasteiger partial charge in [-0.05, 0) is 73.9 Å². The molecular weight excluding hydrogens is 348 g/mol. The molecule has 0 unspecified atom stereocenters. The molecule has 1 N–H and O–H groups in total. The summed E-state index contributed by atoms with van der Waals surface area (Å²) >= 11 is 0. The molecule has 1 saturated heterocycles. The predicted molar refractivity (Wildman–Crippen MR) is 105 cm³/mol. The van der Waals surface area contributed by atoms with E-state index >= 15 is 0 Å². The number of hydrogen-bond donors (Lipinski definition) is 1. The number of nitrogens with zero attached hydrogens (tertiary/aromatic N) is 1. The lowest BCUT2D eigenvalue weighted by Gasteiger charge is -2.19. The van der Waals surface area contributed by atoms with Crippen molar-refractivity contribution in [3.63, 3.8) is 0 Å². The average molecular weight is 377 g/mol. The molecule has 0 bridgehead atoms. The second-order valence-electron chi connectivity index (χ2n) is 6.88. The average Bonchev–Trinajstić information content (AvgIpc) is 2.93. The minimum atomic E-state index is -3.48. The first-order valence-corrected chi connectivity index (χ1v) is 10.9. The first-order chi connectivity index (χ1) is 12.6. The second-order valence-corrected chi connectivity index (χ2v) is 8.65. The fraction of sp³-hybridized carbons (Fsp3) is 0.500. The molecule has 3 rings (SSSR count). The van der Waals surface area contributed by atoms with E-state index in [4.69, 9.17) is 4.74 Å². The van der Waals surface area contributed by atoms with Crippen molar-refractivity contribution in [3.05, 3.63) is 36.4 Å². The van der Waals surface area contributed by atoms with Gasteiger partial charge in [0.05, 0.1) is 12.0 Å². The first kappa shape index (κ1) is 19.1. The van der Waals surface area contributed by atoms with E-state index in [-0.39, 0.29) is 0 Å². The van der Waals surface area contributed by atoms with E-state index in [1.807, 2.05) is 24.3 Å². The van der Waals surface area contributed by atoms with Crippen LogP contribution in [0.4, 0.5) is 0 Å². The largest absolute Gasteiger partial charge is 0.497 e. The quantitative estimate of drug-likeness (QED) is 0.753. The first-order valence-electron chi connectivity index (χ1n) is 9.38. The summed E-state index contributed by atoms with van der Waals surface area (Å²) in [6.45, 7) is 3.71. The van der Waals surface area contributed by atoms with Gasteiger partial charge < -0.3 is 9.64 Å². The molecule has 5 nitrogen and oxygen atoms in total. The molecule has 142 valence electrons. The van der Waals surface area contributed by atoms with Crippen LogP contribution in [0.2, 0.25) is 0 Å². The third-order valence-electron chi connectivity index (χ3n) is 4.97. The molecule has 2 aromatic carbocycles. The van der Waals surface area contributed by atoms with Gasteiger partial charge in [-0.1, -0.05) is 25.0 Å². The molecule has 0 aromatic heterocycles. The standard InChI is InChI=1S/C20H28N2O3S/c1-25-19-9-7-18-16-20(10-8-17(18)15-19)26(23,24)21-11-6-14-22-12-4-2-3-5-13-22/h7-10,15-16,21H,2-6,11-14H2,1H3. The zero-order chi connectivity index (χ0) is 18.4. The van der Waals surface area contributed by atoms with Crippen molar-refractivity contribution in [1.29, 1.82) is 0 Å². The highest BCUT2D eigenvalue weighted by Crippen LogP contribution is 2.23. The Hall–Kier alpha value is -1.63. The summed E-state index contributed by atoms with van der Waals surface area (Å²) in [5.41, 5.74) is 0. The smallest absolute Gasteiger partial charge is 0.240 e. The van der Waals surface area contributed by atoms with E-state index < -0.39 is 10.0 Å². The van der Waals surface area contributed by atoms with Crippen LogP contribution in [0.5, 0.6) is 5.75 Å². The van der Waals surface area contributed by atoms with Crippen molar-refractivity contribution in [2.45, 2.75) is 37.0 Å². The lowest BCUT2D eigenvalue weighted by atomic mass is 10.1. The molecule has 0 aliphatic carbocycles. The number of nitrogens with one attached hydrogen (secondary N) is 1. The maximum absolute atomic E-state index is 12.6. The fourth-order valence-corrected chi connectivity index (χ4v) is 4.56. The summed E-state index contributed by atoms with van der Waals surface area (Å²) < 4.78 is 33.1. The molecular formula is C20H28N2O3S. The number of hydrogen-bond acceptors (Lipinski definition) is 4. The summed E-state index contributed by atoms with van der Waals surface area (Å²) in [5, 5.41) is 1.85. The van der Waals surface area contributed by atoms with Crippen molar-refractivity contribution in [2.24, 2.45) is 0 Å². The van der Waals surface area contributed by atoms with E-state index in [0.717, 1.165) is 42.6 Å².